The van der Waals surface area contributed by atoms with Gasteiger partial charge in [-0.25, -0.2) is 5.43 Å². The van der Waals surface area contributed by atoms with Gasteiger partial charge < -0.3 is 14.6 Å². The third-order valence-electron chi connectivity index (χ3n) is 2.88. The van der Waals surface area contributed by atoms with E-state index >= 15 is 0 Å². The Balaban J connectivity index is 1.92. The third kappa shape index (κ3) is 4.97. The Labute approximate surface area is 155 Å². The van der Waals surface area contributed by atoms with Crippen molar-refractivity contribution in [2.24, 2.45) is 5.10 Å². The Morgan fingerprint density at radius 1 is 1.29 bits per heavy atom. The molecule has 0 unspecified atom stereocenters. The number of methoxy groups -OCH3 is 1. The van der Waals surface area contributed by atoms with Crippen LogP contribution in [-0.4, -0.2) is 30.9 Å². The van der Waals surface area contributed by atoms with E-state index in [1.807, 2.05) is 0 Å². The second-order valence-corrected chi connectivity index (χ2v) is 6.33. The van der Waals surface area contributed by atoms with E-state index in [1.54, 1.807) is 36.4 Å². The lowest BCUT2D eigenvalue weighted by molar-refractivity contribution is -0.123. The zero-order valence-electron chi connectivity index (χ0n) is 12.6. The summed E-state index contributed by atoms with van der Waals surface area (Å²) in [5, 5.41) is 13.7. The van der Waals surface area contributed by atoms with Gasteiger partial charge in [0, 0.05) is 10.0 Å². The number of phenols is 1. The summed E-state index contributed by atoms with van der Waals surface area (Å²) in [6.07, 6.45) is 1.34. The first kappa shape index (κ1) is 18.3. The maximum Gasteiger partial charge on any atom is 0.277 e. The van der Waals surface area contributed by atoms with Crippen molar-refractivity contribution < 1.29 is 19.4 Å². The van der Waals surface area contributed by atoms with E-state index in [1.165, 1.54) is 13.3 Å². The Morgan fingerprint density at radius 3 is 2.71 bits per heavy atom. The molecule has 0 bridgehead atoms. The molecular weight excluding hydrogens is 444 g/mol. The summed E-state index contributed by atoms with van der Waals surface area (Å²) in [4.78, 5) is 11.8. The van der Waals surface area contributed by atoms with Gasteiger partial charge in [-0.15, -0.1) is 0 Å². The lowest BCUT2D eigenvalue weighted by Crippen LogP contribution is -2.24. The average molecular weight is 458 g/mol. The average Bonchev–Trinajstić information content (AvgIpc) is 2.57. The molecule has 24 heavy (non-hydrogen) atoms. The van der Waals surface area contributed by atoms with Crippen LogP contribution in [-0.2, 0) is 4.79 Å². The summed E-state index contributed by atoms with van der Waals surface area (Å²) < 4.78 is 11.8. The number of benzene rings is 2. The van der Waals surface area contributed by atoms with Gasteiger partial charge in [-0.2, -0.15) is 5.10 Å². The number of hydrazone groups is 1. The maximum absolute atomic E-state index is 11.8. The maximum atomic E-state index is 11.8. The molecule has 0 aromatic heterocycles. The van der Waals surface area contributed by atoms with E-state index < -0.39 is 5.91 Å². The second-order valence-electron chi connectivity index (χ2n) is 4.56. The lowest BCUT2D eigenvalue weighted by atomic mass is 10.2. The van der Waals surface area contributed by atoms with Crippen molar-refractivity contribution in [3.05, 3.63) is 50.9 Å². The summed E-state index contributed by atoms with van der Waals surface area (Å²) in [5.74, 6) is 0.595. The van der Waals surface area contributed by atoms with Crippen molar-refractivity contribution >= 4 is 44.0 Å². The summed E-state index contributed by atoms with van der Waals surface area (Å²) in [7, 11) is 1.52. The largest absolute Gasteiger partial charge is 0.506 e. The zero-order valence-corrected chi connectivity index (χ0v) is 15.8. The van der Waals surface area contributed by atoms with E-state index in [-0.39, 0.29) is 12.4 Å². The van der Waals surface area contributed by atoms with Crippen molar-refractivity contribution in [1.29, 1.82) is 0 Å². The van der Waals surface area contributed by atoms with Crippen molar-refractivity contribution in [2.75, 3.05) is 13.7 Å². The number of aromatic hydroxyl groups is 1. The minimum atomic E-state index is -0.439. The predicted octanol–water partition coefficient (Wildman–Crippen LogP) is 3.45. The highest BCUT2D eigenvalue weighted by Crippen LogP contribution is 2.30. The Kier molecular flexibility index (Phi) is 6.62. The number of para-hydroxylation sites is 2. The van der Waals surface area contributed by atoms with Crippen LogP contribution in [0.15, 0.2) is 50.4 Å². The summed E-state index contributed by atoms with van der Waals surface area (Å²) in [6.45, 7) is -0.216. The molecule has 0 atom stereocenters. The molecule has 2 rings (SSSR count). The minimum Gasteiger partial charge on any atom is -0.506 e. The number of phenolic OH excluding ortho intramolecular Hbond substituents is 1. The van der Waals surface area contributed by atoms with Gasteiger partial charge in [-0.3, -0.25) is 4.79 Å². The highest BCUT2D eigenvalue weighted by atomic mass is 79.9. The highest BCUT2D eigenvalue weighted by Gasteiger charge is 2.07. The van der Waals surface area contributed by atoms with Crippen molar-refractivity contribution in [3.8, 4) is 17.2 Å². The summed E-state index contributed by atoms with van der Waals surface area (Å²) >= 11 is 6.53. The molecule has 1 amide bonds. The molecule has 0 aliphatic carbocycles. The summed E-state index contributed by atoms with van der Waals surface area (Å²) in [5.41, 5.74) is 2.77. The second kappa shape index (κ2) is 8.70. The van der Waals surface area contributed by atoms with Crippen LogP contribution in [0.3, 0.4) is 0 Å². The third-order valence-corrected chi connectivity index (χ3v) is 3.94. The first-order valence-electron chi connectivity index (χ1n) is 6.77. The number of carbonyl (C=O) groups excluding carboxylic acids is 1. The van der Waals surface area contributed by atoms with Crippen LogP contribution in [0.1, 0.15) is 5.56 Å². The molecule has 0 spiro atoms. The quantitative estimate of drug-likeness (QED) is 0.514. The standard InChI is InChI=1S/C16H14Br2N2O4/c1-23-13-4-2-3-5-14(13)24-9-15(21)20-19-8-10-6-11(17)7-12(18)16(10)22/h2-8,22H,9H2,1H3,(H,20,21). The van der Waals surface area contributed by atoms with Crippen LogP contribution < -0.4 is 14.9 Å². The molecule has 0 heterocycles. The number of hydrogen-bond donors (Lipinski definition) is 2. The molecule has 0 radical (unpaired) electrons. The Morgan fingerprint density at radius 2 is 2.00 bits per heavy atom. The fourth-order valence-corrected chi connectivity index (χ4v) is 3.03. The van der Waals surface area contributed by atoms with Gasteiger partial charge >= 0.3 is 0 Å². The SMILES string of the molecule is COc1ccccc1OCC(=O)NN=Cc1cc(Br)cc(Br)c1O. The van der Waals surface area contributed by atoms with E-state index in [0.717, 1.165) is 4.47 Å². The molecular formula is C16H14Br2N2O4. The number of amides is 1. The van der Waals surface area contributed by atoms with Crippen LogP contribution in [0.25, 0.3) is 0 Å². The first-order chi connectivity index (χ1) is 11.5. The smallest absolute Gasteiger partial charge is 0.277 e. The zero-order chi connectivity index (χ0) is 17.5. The van der Waals surface area contributed by atoms with E-state index in [9.17, 15) is 9.90 Å². The fraction of sp³-hybridized carbons (Fsp3) is 0.125. The molecule has 2 N–H and O–H groups in total. The molecule has 2 aromatic rings. The van der Waals surface area contributed by atoms with Gasteiger partial charge in [0.2, 0.25) is 0 Å². The van der Waals surface area contributed by atoms with Crippen molar-refractivity contribution in [2.45, 2.75) is 0 Å². The number of rotatable bonds is 6. The van der Waals surface area contributed by atoms with Gasteiger partial charge in [0.25, 0.3) is 5.91 Å². The number of ether oxygens (including phenoxy) is 2. The van der Waals surface area contributed by atoms with Crippen LogP contribution in [0.5, 0.6) is 17.2 Å². The van der Waals surface area contributed by atoms with Gasteiger partial charge in [-0.05, 0) is 40.2 Å². The number of halogens is 2. The Bertz CT molecular complexity index is 766. The normalized spacial score (nSPS) is 10.6. The number of nitrogens with one attached hydrogen (secondary N) is 1. The number of carbonyl (C=O) groups is 1. The van der Waals surface area contributed by atoms with Crippen molar-refractivity contribution in [1.82, 2.24) is 5.43 Å². The molecule has 0 aliphatic rings. The molecule has 0 saturated heterocycles. The molecule has 0 saturated carbocycles. The topological polar surface area (TPSA) is 80.2 Å². The van der Waals surface area contributed by atoms with E-state index in [4.69, 9.17) is 9.47 Å². The van der Waals surface area contributed by atoms with Crippen LogP contribution >= 0.6 is 31.9 Å². The van der Waals surface area contributed by atoms with E-state index in [2.05, 4.69) is 42.4 Å². The van der Waals surface area contributed by atoms with Gasteiger partial charge in [0.05, 0.1) is 17.8 Å². The summed E-state index contributed by atoms with van der Waals surface area (Å²) in [6, 6.07) is 10.4. The molecule has 0 aliphatic heterocycles. The van der Waals surface area contributed by atoms with Gasteiger partial charge in [0.1, 0.15) is 5.75 Å². The van der Waals surface area contributed by atoms with Crippen LogP contribution in [0, 0.1) is 0 Å². The fourth-order valence-electron chi connectivity index (χ4n) is 1.77. The number of nitrogens with zero attached hydrogens (tertiary/aromatic N) is 1. The van der Waals surface area contributed by atoms with Crippen LogP contribution in [0.4, 0.5) is 0 Å². The van der Waals surface area contributed by atoms with Crippen LogP contribution in [0.2, 0.25) is 0 Å². The Hall–Kier alpha value is -2.06. The first-order valence-corrected chi connectivity index (χ1v) is 8.35. The highest BCUT2D eigenvalue weighted by molar-refractivity contribution is 9.11. The van der Waals surface area contributed by atoms with E-state index in [0.29, 0.717) is 21.5 Å². The molecule has 126 valence electrons. The van der Waals surface area contributed by atoms with Gasteiger partial charge in [0.15, 0.2) is 18.1 Å². The molecule has 8 heteroatoms. The molecule has 0 fully saturated rings. The molecule has 6 nitrogen and oxygen atoms in total. The monoisotopic (exact) mass is 456 g/mol. The van der Waals surface area contributed by atoms with Gasteiger partial charge in [-0.1, -0.05) is 28.1 Å². The predicted molar refractivity (Wildman–Crippen MR) is 97.7 cm³/mol. The van der Waals surface area contributed by atoms with Crippen molar-refractivity contribution in [3.63, 3.8) is 0 Å². The minimum absolute atomic E-state index is 0.0291. The number of hydrogen-bond acceptors (Lipinski definition) is 5. The lowest BCUT2D eigenvalue weighted by Gasteiger charge is -2.09. The molecule has 2 aromatic carbocycles.